The van der Waals surface area contributed by atoms with Crippen molar-refractivity contribution in [2.75, 3.05) is 23.7 Å². The minimum Gasteiger partial charge on any atom is -0.444 e. The number of anilines is 2. The zero-order valence-electron chi connectivity index (χ0n) is 12.1. The first-order valence-electron chi connectivity index (χ1n) is 6.65. The van der Waals surface area contributed by atoms with Crippen LogP contribution in [0.3, 0.4) is 0 Å². The zero-order valence-corrected chi connectivity index (χ0v) is 12.1. The van der Waals surface area contributed by atoms with Crippen molar-refractivity contribution in [3.05, 3.63) is 12.4 Å². The van der Waals surface area contributed by atoms with Crippen molar-refractivity contribution in [2.24, 2.45) is 0 Å². The quantitative estimate of drug-likeness (QED) is 0.844. The fraction of sp³-hybridized carbons (Fsp3) is 0.615. The van der Waals surface area contributed by atoms with Gasteiger partial charge in [-0.1, -0.05) is 0 Å². The van der Waals surface area contributed by atoms with Crippen molar-refractivity contribution in [3.8, 4) is 0 Å². The van der Waals surface area contributed by atoms with Crippen molar-refractivity contribution < 1.29 is 9.53 Å². The van der Waals surface area contributed by atoms with Crippen LogP contribution in [0.15, 0.2) is 12.4 Å². The number of nitrogens with zero attached hydrogens (tertiary/aromatic N) is 3. The second-order valence-corrected chi connectivity index (χ2v) is 5.89. The predicted octanol–water partition coefficient (Wildman–Crippen LogP) is 1.16. The van der Waals surface area contributed by atoms with Gasteiger partial charge in [0, 0.05) is 13.1 Å². The number of carbonyl (C=O) groups excluding carboxylic acids is 1. The van der Waals surface area contributed by atoms with E-state index in [1.807, 2.05) is 25.7 Å². The van der Waals surface area contributed by atoms with Crippen LogP contribution in [0.25, 0.3) is 0 Å². The first-order valence-corrected chi connectivity index (χ1v) is 6.65. The number of amides is 1. The summed E-state index contributed by atoms with van der Waals surface area (Å²) in [5, 5.41) is 2.86. The van der Waals surface area contributed by atoms with E-state index in [2.05, 4.69) is 15.3 Å². The molecule has 0 bridgehead atoms. The van der Waals surface area contributed by atoms with E-state index in [4.69, 9.17) is 10.5 Å². The molecule has 1 amide bonds. The molecule has 2 heterocycles. The van der Waals surface area contributed by atoms with Gasteiger partial charge in [-0.3, -0.25) is 0 Å². The van der Waals surface area contributed by atoms with E-state index in [0.717, 1.165) is 13.0 Å². The van der Waals surface area contributed by atoms with E-state index >= 15 is 0 Å². The molecule has 1 saturated heterocycles. The molecule has 0 aromatic carbocycles. The summed E-state index contributed by atoms with van der Waals surface area (Å²) in [6.07, 6.45) is 3.61. The predicted molar refractivity (Wildman–Crippen MR) is 76.4 cm³/mol. The number of nitrogens with two attached hydrogens (primary N) is 1. The number of hydrogen-bond acceptors (Lipinski definition) is 6. The smallest absolute Gasteiger partial charge is 0.407 e. The molecule has 20 heavy (non-hydrogen) atoms. The summed E-state index contributed by atoms with van der Waals surface area (Å²) >= 11 is 0. The number of carbonyl (C=O) groups is 1. The van der Waals surface area contributed by atoms with Gasteiger partial charge < -0.3 is 20.7 Å². The number of nitrogen functional groups attached to an aromatic ring is 1. The monoisotopic (exact) mass is 279 g/mol. The lowest BCUT2D eigenvalue weighted by molar-refractivity contribution is 0.0509. The molecule has 110 valence electrons. The molecule has 1 atom stereocenters. The van der Waals surface area contributed by atoms with Crippen molar-refractivity contribution in [3.63, 3.8) is 0 Å². The summed E-state index contributed by atoms with van der Waals surface area (Å²) in [6.45, 7) is 6.99. The Morgan fingerprint density at radius 2 is 2.10 bits per heavy atom. The lowest BCUT2D eigenvalue weighted by Crippen LogP contribution is -2.40. The average Bonchev–Trinajstić information content (AvgIpc) is 2.75. The molecule has 1 aromatic heterocycles. The summed E-state index contributed by atoms with van der Waals surface area (Å²) in [5.41, 5.74) is 5.61. The standard InChI is InChI=1S/C13H21N5O2/c1-13(2,3)20-12(19)17-10-4-5-18(8-10)11-15-6-9(14)7-16-11/h6-7,10H,4-5,8,14H2,1-3H3,(H,17,19). The Kier molecular flexibility index (Phi) is 3.96. The molecule has 1 aromatic rings. The second kappa shape index (κ2) is 5.52. The van der Waals surface area contributed by atoms with Gasteiger partial charge in [0.2, 0.25) is 5.95 Å². The van der Waals surface area contributed by atoms with Crippen LogP contribution in [0.4, 0.5) is 16.4 Å². The Labute approximate surface area is 118 Å². The number of ether oxygens (including phenoxy) is 1. The third-order valence-electron chi connectivity index (χ3n) is 2.85. The molecule has 1 aliphatic rings. The molecule has 1 aliphatic heterocycles. The lowest BCUT2D eigenvalue weighted by atomic mass is 10.2. The van der Waals surface area contributed by atoms with E-state index < -0.39 is 5.60 Å². The van der Waals surface area contributed by atoms with Crippen LogP contribution in [0.5, 0.6) is 0 Å². The lowest BCUT2D eigenvalue weighted by Gasteiger charge is -2.22. The number of nitrogens with one attached hydrogen (secondary N) is 1. The zero-order chi connectivity index (χ0) is 14.8. The number of aromatic nitrogens is 2. The fourth-order valence-electron chi connectivity index (χ4n) is 2.03. The molecule has 2 rings (SSSR count). The maximum absolute atomic E-state index is 11.7. The van der Waals surface area contributed by atoms with Crippen molar-refractivity contribution in [1.29, 1.82) is 0 Å². The maximum atomic E-state index is 11.7. The van der Waals surface area contributed by atoms with Crippen LogP contribution in [0, 0.1) is 0 Å². The normalized spacial score (nSPS) is 18.9. The molecule has 7 heteroatoms. The summed E-state index contributed by atoms with van der Waals surface area (Å²) in [4.78, 5) is 22.1. The second-order valence-electron chi connectivity index (χ2n) is 5.89. The van der Waals surface area contributed by atoms with E-state index in [9.17, 15) is 4.79 Å². The highest BCUT2D eigenvalue weighted by atomic mass is 16.6. The van der Waals surface area contributed by atoms with Crippen molar-refractivity contribution in [2.45, 2.75) is 38.8 Å². The van der Waals surface area contributed by atoms with Gasteiger partial charge in [0.05, 0.1) is 24.1 Å². The van der Waals surface area contributed by atoms with Crippen molar-refractivity contribution in [1.82, 2.24) is 15.3 Å². The summed E-state index contributed by atoms with van der Waals surface area (Å²) in [7, 11) is 0. The largest absolute Gasteiger partial charge is 0.444 e. The maximum Gasteiger partial charge on any atom is 0.407 e. The van der Waals surface area contributed by atoms with Gasteiger partial charge in [0.1, 0.15) is 5.60 Å². The Hall–Kier alpha value is -2.05. The molecular formula is C13H21N5O2. The Morgan fingerprint density at radius 1 is 1.45 bits per heavy atom. The van der Waals surface area contributed by atoms with Gasteiger partial charge in [-0.2, -0.15) is 0 Å². The number of alkyl carbamates (subject to hydrolysis) is 1. The van der Waals surface area contributed by atoms with E-state index in [1.165, 1.54) is 0 Å². The topological polar surface area (TPSA) is 93.4 Å². The minimum atomic E-state index is -0.484. The molecular weight excluding hydrogens is 258 g/mol. The van der Waals surface area contributed by atoms with E-state index in [1.54, 1.807) is 12.4 Å². The van der Waals surface area contributed by atoms with Crippen LogP contribution >= 0.6 is 0 Å². The van der Waals surface area contributed by atoms with Crippen molar-refractivity contribution >= 4 is 17.7 Å². The first kappa shape index (κ1) is 14.4. The highest BCUT2D eigenvalue weighted by molar-refractivity contribution is 5.68. The fourth-order valence-corrected chi connectivity index (χ4v) is 2.03. The van der Waals surface area contributed by atoms with Crippen LogP contribution in [0.1, 0.15) is 27.2 Å². The molecule has 1 fully saturated rings. The number of rotatable bonds is 2. The summed E-state index contributed by atoms with van der Waals surface area (Å²) < 4.78 is 5.24. The van der Waals surface area contributed by atoms with Gasteiger partial charge in [-0.25, -0.2) is 14.8 Å². The summed E-state index contributed by atoms with van der Waals surface area (Å²) in [5.74, 6) is 0.632. The van der Waals surface area contributed by atoms with Gasteiger partial charge in [-0.15, -0.1) is 0 Å². The average molecular weight is 279 g/mol. The van der Waals surface area contributed by atoms with Gasteiger partial charge >= 0.3 is 6.09 Å². The van der Waals surface area contributed by atoms with Gasteiger partial charge in [0.25, 0.3) is 0 Å². The number of hydrogen-bond donors (Lipinski definition) is 2. The molecule has 0 spiro atoms. The first-order chi connectivity index (χ1) is 9.33. The third kappa shape index (κ3) is 3.97. The molecule has 0 aliphatic carbocycles. The third-order valence-corrected chi connectivity index (χ3v) is 2.85. The Morgan fingerprint density at radius 3 is 2.70 bits per heavy atom. The van der Waals surface area contributed by atoms with E-state index in [-0.39, 0.29) is 12.1 Å². The molecule has 0 saturated carbocycles. The SMILES string of the molecule is CC(C)(C)OC(=O)NC1CCN(c2ncc(N)cn2)C1. The van der Waals surface area contributed by atoms with E-state index in [0.29, 0.717) is 18.2 Å². The minimum absolute atomic E-state index is 0.0472. The van der Waals surface area contributed by atoms with Crippen LogP contribution in [0.2, 0.25) is 0 Å². The molecule has 7 nitrogen and oxygen atoms in total. The van der Waals surface area contributed by atoms with Gasteiger partial charge in [0.15, 0.2) is 0 Å². The highest BCUT2D eigenvalue weighted by Crippen LogP contribution is 2.16. The van der Waals surface area contributed by atoms with Gasteiger partial charge in [-0.05, 0) is 27.2 Å². The Bertz CT molecular complexity index is 469. The molecule has 0 radical (unpaired) electrons. The van der Waals surface area contributed by atoms with Crippen LogP contribution in [-0.2, 0) is 4.74 Å². The Balaban J connectivity index is 1.86. The summed E-state index contributed by atoms with van der Waals surface area (Å²) in [6, 6.07) is 0.0472. The highest BCUT2D eigenvalue weighted by Gasteiger charge is 2.27. The molecule has 1 unspecified atom stereocenters. The van der Waals surface area contributed by atoms with Crippen LogP contribution in [-0.4, -0.2) is 40.8 Å². The van der Waals surface area contributed by atoms with Crippen LogP contribution < -0.4 is 16.0 Å². The molecule has 3 N–H and O–H groups in total.